The van der Waals surface area contributed by atoms with E-state index in [2.05, 4.69) is 22.3 Å². The van der Waals surface area contributed by atoms with Gasteiger partial charge >= 0.3 is 0 Å². The molecule has 0 bridgehead atoms. The number of hydrogen-bond donors (Lipinski definition) is 1. The molecule has 6 heteroatoms. The van der Waals surface area contributed by atoms with Gasteiger partial charge in [-0.05, 0) is 30.2 Å². The zero-order valence-electron chi connectivity index (χ0n) is 13.7. The molecule has 0 radical (unpaired) electrons. The summed E-state index contributed by atoms with van der Waals surface area (Å²) < 4.78 is 15.4. The molecular weight excluding hydrogens is 323 g/mol. The van der Waals surface area contributed by atoms with Crippen LogP contribution in [0.4, 0.5) is 10.2 Å². The SMILES string of the molecule is CCc1cc(NCCCSCc2ccccc2F)n2nccc2n1. The molecule has 1 aromatic carbocycles. The normalized spacial score (nSPS) is 11.1. The van der Waals surface area contributed by atoms with E-state index in [1.54, 1.807) is 24.0 Å². The van der Waals surface area contributed by atoms with Crippen molar-refractivity contribution < 1.29 is 4.39 Å². The van der Waals surface area contributed by atoms with Gasteiger partial charge in [0.15, 0.2) is 5.65 Å². The second-order valence-corrected chi connectivity index (χ2v) is 6.62. The van der Waals surface area contributed by atoms with Crippen LogP contribution in [0.25, 0.3) is 5.65 Å². The summed E-state index contributed by atoms with van der Waals surface area (Å²) in [6.07, 6.45) is 3.66. The Morgan fingerprint density at radius 3 is 2.96 bits per heavy atom. The highest BCUT2D eigenvalue weighted by atomic mass is 32.2. The smallest absolute Gasteiger partial charge is 0.157 e. The number of thioether (sulfide) groups is 1. The first-order valence-electron chi connectivity index (χ1n) is 8.16. The van der Waals surface area contributed by atoms with Crippen LogP contribution in [0.5, 0.6) is 0 Å². The minimum Gasteiger partial charge on any atom is -0.370 e. The third-order valence-electron chi connectivity index (χ3n) is 3.76. The molecule has 0 aliphatic carbocycles. The standard InChI is InChI=1S/C18H21FN4S/c1-2-15-12-18(23-17(22-15)8-10-21-23)20-9-5-11-24-13-14-6-3-4-7-16(14)19/h3-4,6-8,10,12,20H,2,5,9,11,13H2,1H3. The lowest BCUT2D eigenvalue weighted by atomic mass is 10.2. The zero-order chi connectivity index (χ0) is 16.8. The van der Waals surface area contributed by atoms with Crippen molar-refractivity contribution in [3.63, 3.8) is 0 Å². The van der Waals surface area contributed by atoms with Crippen molar-refractivity contribution in [2.45, 2.75) is 25.5 Å². The molecule has 2 heterocycles. The number of benzene rings is 1. The number of aryl methyl sites for hydroxylation is 1. The maximum atomic E-state index is 13.5. The fourth-order valence-corrected chi connectivity index (χ4v) is 3.41. The average Bonchev–Trinajstić information content (AvgIpc) is 3.07. The maximum Gasteiger partial charge on any atom is 0.157 e. The summed E-state index contributed by atoms with van der Waals surface area (Å²) in [5, 5.41) is 7.73. The molecule has 2 aromatic heterocycles. The minimum absolute atomic E-state index is 0.118. The first kappa shape index (κ1) is 16.8. The Bertz CT molecular complexity index is 803. The van der Waals surface area contributed by atoms with E-state index in [0.29, 0.717) is 5.75 Å². The molecule has 0 aliphatic heterocycles. The Kier molecular flexibility index (Phi) is 5.69. The second-order valence-electron chi connectivity index (χ2n) is 5.51. The molecule has 0 atom stereocenters. The minimum atomic E-state index is -0.118. The molecule has 24 heavy (non-hydrogen) atoms. The first-order valence-corrected chi connectivity index (χ1v) is 9.32. The quantitative estimate of drug-likeness (QED) is 0.623. The van der Waals surface area contributed by atoms with Gasteiger partial charge in [0.05, 0.1) is 6.20 Å². The topological polar surface area (TPSA) is 42.2 Å². The molecule has 0 spiro atoms. The van der Waals surface area contributed by atoms with Crippen molar-refractivity contribution in [2.75, 3.05) is 17.6 Å². The van der Waals surface area contributed by atoms with Crippen molar-refractivity contribution in [1.29, 1.82) is 0 Å². The highest BCUT2D eigenvalue weighted by Gasteiger charge is 2.05. The van der Waals surface area contributed by atoms with E-state index in [0.717, 1.165) is 47.9 Å². The molecule has 3 rings (SSSR count). The number of nitrogens with zero attached hydrogens (tertiary/aromatic N) is 3. The van der Waals surface area contributed by atoms with E-state index in [-0.39, 0.29) is 5.82 Å². The van der Waals surface area contributed by atoms with Gasteiger partial charge in [-0.3, -0.25) is 0 Å². The second kappa shape index (κ2) is 8.15. The maximum absolute atomic E-state index is 13.5. The number of anilines is 1. The highest BCUT2D eigenvalue weighted by Crippen LogP contribution is 2.17. The van der Waals surface area contributed by atoms with Gasteiger partial charge < -0.3 is 5.32 Å². The van der Waals surface area contributed by atoms with Crippen molar-refractivity contribution in [2.24, 2.45) is 0 Å². The van der Waals surface area contributed by atoms with Crippen LogP contribution in [0, 0.1) is 5.82 Å². The predicted octanol–water partition coefficient (Wildman–Crippen LogP) is 4.17. The molecule has 3 aromatic rings. The summed E-state index contributed by atoms with van der Waals surface area (Å²) in [5.74, 6) is 2.55. The van der Waals surface area contributed by atoms with Gasteiger partial charge in [0.1, 0.15) is 11.6 Å². The van der Waals surface area contributed by atoms with Gasteiger partial charge in [-0.1, -0.05) is 25.1 Å². The van der Waals surface area contributed by atoms with E-state index in [1.165, 1.54) is 6.07 Å². The van der Waals surface area contributed by atoms with E-state index < -0.39 is 0 Å². The van der Waals surface area contributed by atoms with E-state index in [4.69, 9.17) is 0 Å². The fraction of sp³-hybridized carbons (Fsp3) is 0.333. The van der Waals surface area contributed by atoms with Crippen LogP contribution in [-0.2, 0) is 12.2 Å². The van der Waals surface area contributed by atoms with E-state index in [1.807, 2.05) is 28.8 Å². The van der Waals surface area contributed by atoms with Crippen LogP contribution >= 0.6 is 11.8 Å². The van der Waals surface area contributed by atoms with Gasteiger partial charge in [-0.25, -0.2) is 9.37 Å². The number of aromatic nitrogens is 3. The van der Waals surface area contributed by atoms with Crippen LogP contribution in [0.2, 0.25) is 0 Å². The molecular formula is C18H21FN4S. The summed E-state index contributed by atoms with van der Waals surface area (Å²) >= 11 is 1.75. The van der Waals surface area contributed by atoms with Gasteiger partial charge in [0, 0.05) is 30.1 Å². The van der Waals surface area contributed by atoms with Gasteiger partial charge in [0.25, 0.3) is 0 Å². The molecule has 4 nitrogen and oxygen atoms in total. The van der Waals surface area contributed by atoms with Crippen molar-refractivity contribution in [3.05, 3.63) is 59.7 Å². The number of nitrogens with one attached hydrogen (secondary N) is 1. The summed E-state index contributed by atoms with van der Waals surface area (Å²) in [6, 6.07) is 10.9. The van der Waals surface area contributed by atoms with E-state index >= 15 is 0 Å². The van der Waals surface area contributed by atoms with Crippen LogP contribution in [0.1, 0.15) is 24.6 Å². The molecule has 0 aliphatic rings. The molecule has 126 valence electrons. The number of hydrogen-bond acceptors (Lipinski definition) is 4. The first-order chi connectivity index (χ1) is 11.8. The summed E-state index contributed by atoms with van der Waals surface area (Å²) in [4.78, 5) is 4.53. The lowest BCUT2D eigenvalue weighted by Gasteiger charge is -2.10. The Morgan fingerprint density at radius 1 is 1.25 bits per heavy atom. The Morgan fingerprint density at radius 2 is 2.12 bits per heavy atom. The fourth-order valence-electron chi connectivity index (χ4n) is 2.46. The van der Waals surface area contributed by atoms with Gasteiger partial charge in [0.2, 0.25) is 0 Å². The Hall–Kier alpha value is -2.08. The molecule has 0 saturated carbocycles. The van der Waals surface area contributed by atoms with Crippen LogP contribution in [0.3, 0.4) is 0 Å². The largest absolute Gasteiger partial charge is 0.370 e. The molecule has 0 saturated heterocycles. The monoisotopic (exact) mass is 344 g/mol. The number of rotatable bonds is 8. The third kappa shape index (κ3) is 4.06. The number of fused-ring (bicyclic) bond motifs is 1. The zero-order valence-corrected chi connectivity index (χ0v) is 14.5. The number of halogens is 1. The predicted molar refractivity (Wildman–Crippen MR) is 98.0 cm³/mol. The molecule has 0 unspecified atom stereocenters. The summed E-state index contributed by atoms with van der Waals surface area (Å²) in [6.45, 7) is 2.95. The third-order valence-corrected chi connectivity index (χ3v) is 4.85. The van der Waals surface area contributed by atoms with Crippen LogP contribution < -0.4 is 5.32 Å². The van der Waals surface area contributed by atoms with E-state index in [9.17, 15) is 4.39 Å². The summed E-state index contributed by atoms with van der Waals surface area (Å²) in [7, 11) is 0. The van der Waals surface area contributed by atoms with Crippen molar-refractivity contribution in [3.8, 4) is 0 Å². The van der Waals surface area contributed by atoms with Crippen LogP contribution in [-0.4, -0.2) is 26.9 Å². The van der Waals surface area contributed by atoms with Gasteiger partial charge in [-0.15, -0.1) is 0 Å². The highest BCUT2D eigenvalue weighted by molar-refractivity contribution is 7.98. The average molecular weight is 344 g/mol. The van der Waals surface area contributed by atoms with Gasteiger partial charge in [-0.2, -0.15) is 21.4 Å². The Labute approximate surface area is 145 Å². The Balaban J connectivity index is 1.47. The lowest BCUT2D eigenvalue weighted by molar-refractivity contribution is 0.617. The lowest BCUT2D eigenvalue weighted by Crippen LogP contribution is -2.09. The molecule has 1 N–H and O–H groups in total. The van der Waals surface area contributed by atoms with Crippen molar-refractivity contribution >= 4 is 23.2 Å². The summed E-state index contributed by atoms with van der Waals surface area (Å²) in [5.41, 5.74) is 2.70. The molecule has 0 amide bonds. The molecule has 0 fully saturated rings. The van der Waals surface area contributed by atoms with Crippen LogP contribution in [0.15, 0.2) is 42.6 Å². The van der Waals surface area contributed by atoms with Crippen molar-refractivity contribution in [1.82, 2.24) is 14.6 Å².